The van der Waals surface area contributed by atoms with Crippen molar-refractivity contribution in [2.75, 3.05) is 13.7 Å². The Labute approximate surface area is 348 Å². The first-order chi connectivity index (χ1) is 28.1. The van der Waals surface area contributed by atoms with Gasteiger partial charge in [-0.15, -0.1) is 4.99 Å². The van der Waals surface area contributed by atoms with Crippen LogP contribution in [0.1, 0.15) is 148 Å². The van der Waals surface area contributed by atoms with Gasteiger partial charge in [0.15, 0.2) is 6.21 Å². The molecule has 0 bridgehead atoms. The van der Waals surface area contributed by atoms with Crippen molar-refractivity contribution < 1.29 is 40.3 Å². The minimum Gasteiger partial charge on any atom is -0.393 e. The molecule has 7 aliphatic rings. The van der Waals surface area contributed by atoms with Gasteiger partial charge in [0.2, 0.25) is 0 Å². The predicted octanol–water partition coefficient (Wildman–Crippen LogP) is 3.90. The molecule has 9 N–H and O–H groups in total. The lowest BCUT2D eigenvalue weighted by molar-refractivity contribution is -0.782. The van der Waals surface area contributed by atoms with Crippen LogP contribution in [-0.4, -0.2) is 88.9 Å². The number of nitrogens with two attached hydrogens (primary N) is 3. The molecule has 0 amide bonds. The minimum atomic E-state index is -0.796. The summed E-state index contributed by atoms with van der Waals surface area (Å²) in [5.41, 5.74) is 7.93. The topological polar surface area (TPSA) is 176 Å². The number of hydrogen-bond donors (Lipinski definition) is 6. The van der Waals surface area contributed by atoms with Crippen molar-refractivity contribution in [3.05, 3.63) is 18.2 Å². The summed E-state index contributed by atoms with van der Waals surface area (Å²) in [7, 11) is 1.66. The molecule has 2 saturated heterocycles. The van der Waals surface area contributed by atoms with Crippen LogP contribution >= 0.6 is 0 Å². The Morgan fingerprint density at radius 1 is 0.966 bits per heavy atom. The summed E-state index contributed by atoms with van der Waals surface area (Å²) in [6.07, 6.45) is 23.2. The normalized spacial score (nSPS) is 38.5. The average molecular weight is 806 g/mol. The zero-order valence-corrected chi connectivity index (χ0v) is 35.5. The van der Waals surface area contributed by atoms with Gasteiger partial charge in [-0.1, -0.05) is 31.1 Å². The number of rotatable bonds is 15. The van der Waals surface area contributed by atoms with E-state index < -0.39 is 24.2 Å². The number of aliphatic hydroxyl groups is 3. The summed E-state index contributed by atoms with van der Waals surface area (Å²) in [5.74, 6) is 9.16. The second kappa shape index (κ2) is 20.6. The Hall–Kier alpha value is -2.10. The number of Topliss-reactive ketones (excluding diaryl/α,β-unsaturated/α-hetero) is 2. The number of allylic oxidation sites excluding steroid dienone is 1. The number of aliphatic imine (C=N–C) groups is 1. The highest BCUT2D eigenvalue weighted by molar-refractivity contribution is 5.84. The molecule has 14 atom stereocenters. The molecule has 0 aromatic rings. The number of ether oxygens (including phenoxy) is 1. The van der Waals surface area contributed by atoms with Crippen molar-refractivity contribution in [2.45, 2.75) is 190 Å². The molecule has 3 heterocycles. The van der Waals surface area contributed by atoms with Gasteiger partial charge in [0, 0.05) is 69.3 Å². The SMILES string of the molecule is COC1CC2CCC(=O)[C@@H]([C@H](O)CCCC[C@H]3C[C@H]4CCC(=O)C[C@H]4[NH2+]C34CCCCC4)C#C[C@@H](CC[C@H](O)CCC3CC(N)[NH2+]CC3CC3=C[CH+]N=C3)C2CC1O. The number of piperidine rings is 2. The molecule has 3 saturated carbocycles. The van der Waals surface area contributed by atoms with E-state index in [2.05, 4.69) is 33.5 Å². The lowest BCUT2D eigenvalue weighted by Crippen LogP contribution is -3.05. The van der Waals surface area contributed by atoms with Crippen LogP contribution in [0.25, 0.3) is 0 Å². The number of ketones is 2. The van der Waals surface area contributed by atoms with E-state index in [0.717, 1.165) is 70.8 Å². The Bertz CT molecular complexity index is 1500. The number of fused-ring (bicyclic) bond motifs is 2. The van der Waals surface area contributed by atoms with Crippen LogP contribution in [0, 0.1) is 65.7 Å². The Balaban J connectivity index is 0.961. The van der Waals surface area contributed by atoms with Crippen molar-refractivity contribution in [3.8, 4) is 11.8 Å². The van der Waals surface area contributed by atoms with E-state index in [1.807, 2.05) is 12.8 Å². The molecule has 0 aromatic carbocycles. The first kappa shape index (κ1) is 44.0. The first-order valence-corrected chi connectivity index (χ1v) is 23.7. The second-order valence-corrected chi connectivity index (χ2v) is 20.1. The Kier molecular flexibility index (Phi) is 15.7. The fourth-order valence-corrected chi connectivity index (χ4v) is 13.1. The highest BCUT2D eigenvalue weighted by Gasteiger charge is 2.52. The van der Waals surface area contributed by atoms with Crippen LogP contribution in [0.15, 0.2) is 16.6 Å². The molecule has 0 radical (unpaired) electrons. The fourth-order valence-electron chi connectivity index (χ4n) is 13.1. The summed E-state index contributed by atoms with van der Waals surface area (Å²) in [6.45, 7) is 2.85. The van der Waals surface area contributed by atoms with Gasteiger partial charge in [-0.25, -0.2) is 0 Å². The number of hydrogen-bond acceptors (Lipinski definition) is 8. The van der Waals surface area contributed by atoms with Gasteiger partial charge in [0.25, 0.3) is 0 Å². The number of aliphatic hydroxyl groups excluding tert-OH is 3. The summed E-state index contributed by atoms with van der Waals surface area (Å²) in [5, 5.41) is 39.0. The van der Waals surface area contributed by atoms with Gasteiger partial charge in [-0.2, -0.15) is 0 Å². The van der Waals surface area contributed by atoms with E-state index in [9.17, 15) is 24.9 Å². The van der Waals surface area contributed by atoms with E-state index >= 15 is 0 Å². The third-order valence-corrected chi connectivity index (χ3v) is 16.5. The van der Waals surface area contributed by atoms with Crippen LogP contribution in [0.2, 0.25) is 0 Å². The van der Waals surface area contributed by atoms with Crippen molar-refractivity contribution >= 4 is 17.8 Å². The molecule has 10 nitrogen and oxygen atoms in total. The highest BCUT2D eigenvalue weighted by atomic mass is 16.5. The maximum atomic E-state index is 13.8. The third-order valence-electron chi connectivity index (χ3n) is 16.5. The van der Waals surface area contributed by atoms with Gasteiger partial charge in [-0.3, -0.25) is 15.3 Å². The standard InChI is InChI=1S/C48H75N4O6/c1-58-46-25-34-13-18-44(56)40(43(55)8-4-3-7-37-24-35-11-16-39(54)27-42(35)52-48(37)20-5-2-6-21-48)17-12-32(41(34)28-45(46)57)9-14-38(53)15-10-33-26-47(49)51-30-36(33)23-31-19-22-50-29-31/h19,22,29,32-38,40-43,45-47,51-53,55,57H,2-11,13-16,18,20-21,23-28,30,49H2,1H3/q+1/p+2/t32-,33?,34?,35-,36?,37+,38+,40-,41?,42-,43-,45?,46?,47?/m1/s1. The molecule has 7 rings (SSSR count). The molecule has 5 fully saturated rings. The fraction of sp³-hybridized carbons (Fsp3) is 0.833. The van der Waals surface area contributed by atoms with E-state index in [-0.39, 0.29) is 41.3 Å². The van der Waals surface area contributed by atoms with E-state index in [1.165, 1.54) is 44.1 Å². The molecule has 322 valence electrons. The van der Waals surface area contributed by atoms with Crippen molar-refractivity contribution in [1.29, 1.82) is 0 Å². The predicted molar refractivity (Wildman–Crippen MR) is 225 cm³/mol. The van der Waals surface area contributed by atoms with E-state index in [1.54, 1.807) is 7.11 Å². The summed E-state index contributed by atoms with van der Waals surface area (Å²) in [6, 6.07) is 0.470. The largest absolute Gasteiger partial charge is 0.393 e. The van der Waals surface area contributed by atoms with Crippen LogP contribution in [-0.2, 0) is 14.3 Å². The number of quaternary nitrogens is 2. The first-order valence-electron chi connectivity index (χ1n) is 23.7. The van der Waals surface area contributed by atoms with Crippen molar-refractivity contribution in [3.63, 3.8) is 0 Å². The van der Waals surface area contributed by atoms with Crippen LogP contribution in [0.5, 0.6) is 0 Å². The van der Waals surface area contributed by atoms with Gasteiger partial charge in [0.1, 0.15) is 35.8 Å². The molecular formula is C48H77N4O6+3. The number of methoxy groups -OCH3 is 1. The van der Waals surface area contributed by atoms with Gasteiger partial charge in [0.05, 0.1) is 55.0 Å². The molecule has 58 heavy (non-hydrogen) atoms. The molecule has 1 spiro atoms. The van der Waals surface area contributed by atoms with Crippen LogP contribution in [0.3, 0.4) is 0 Å². The van der Waals surface area contributed by atoms with Crippen molar-refractivity contribution in [2.24, 2.45) is 58.1 Å². The van der Waals surface area contributed by atoms with Gasteiger partial charge < -0.3 is 30.7 Å². The highest BCUT2D eigenvalue weighted by Crippen LogP contribution is 2.44. The van der Waals surface area contributed by atoms with Gasteiger partial charge in [-0.05, 0) is 101 Å². The lowest BCUT2D eigenvalue weighted by Gasteiger charge is -2.51. The maximum absolute atomic E-state index is 13.8. The quantitative estimate of drug-likeness (QED) is 0.0827. The van der Waals surface area contributed by atoms with E-state index in [0.29, 0.717) is 80.4 Å². The summed E-state index contributed by atoms with van der Waals surface area (Å²) >= 11 is 0. The second-order valence-electron chi connectivity index (χ2n) is 20.1. The molecule has 4 aliphatic carbocycles. The number of unbranched alkanes of at least 4 members (excludes halogenated alkanes) is 1. The molecule has 0 aromatic heterocycles. The number of carbonyl (C=O) groups is 2. The maximum Gasteiger partial charge on any atom is 0.176 e. The average Bonchev–Trinajstić information content (AvgIpc) is 3.75. The minimum absolute atomic E-state index is 0.0375. The zero-order valence-electron chi connectivity index (χ0n) is 35.5. The van der Waals surface area contributed by atoms with Crippen molar-refractivity contribution in [1.82, 2.24) is 0 Å². The smallest absolute Gasteiger partial charge is 0.176 e. The lowest BCUT2D eigenvalue weighted by atomic mass is 9.62. The molecule has 3 aliphatic heterocycles. The third kappa shape index (κ3) is 11.0. The zero-order chi connectivity index (χ0) is 40.6. The Morgan fingerprint density at radius 2 is 1.78 bits per heavy atom. The Morgan fingerprint density at radius 3 is 2.57 bits per heavy atom. The number of nitrogens with zero attached hydrogens (tertiary/aromatic N) is 1. The number of carbonyl (C=O) groups excluding carboxylic acids is 2. The summed E-state index contributed by atoms with van der Waals surface area (Å²) in [4.78, 5) is 30.4. The molecular weight excluding hydrogens is 729 g/mol. The van der Waals surface area contributed by atoms with Crippen LogP contribution < -0.4 is 16.4 Å². The molecule has 10 heteroatoms. The van der Waals surface area contributed by atoms with E-state index in [4.69, 9.17) is 10.5 Å². The monoisotopic (exact) mass is 806 g/mol. The summed E-state index contributed by atoms with van der Waals surface area (Å²) < 4.78 is 5.70. The van der Waals surface area contributed by atoms with Crippen LogP contribution in [0.4, 0.5) is 0 Å². The van der Waals surface area contributed by atoms with Gasteiger partial charge >= 0.3 is 0 Å². The molecule has 7 unspecified atom stereocenters.